The third kappa shape index (κ3) is 2.08. The highest BCUT2D eigenvalue weighted by Crippen LogP contribution is 2.14. The highest BCUT2D eigenvalue weighted by Gasteiger charge is 2.16. The summed E-state index contributed by atoms with van der Waals surface area (Å²) in [5, 5.41) is 0. The maximum absolute atomic E-state index is 11.4. The van der Waals surface area contributed by atoms with Crippen molar-refractivity contribution in [2.24, 2.45) is 5.92 Å². The topological polar surface area (TPSA) is 46.3 Å². The fourth-order valence-electron chi connectivity index (χ4n) is 0.870. The van der Waals surface area contributed by atoms with Crippen molar-refractivity contribution in [1.29, 1.82) is 0 Å². The van der Waals surface area contributed by atoms with Crippen LogP contribution in [0.4, 0.5) is 6.01 Å². The Labute approximate surface area is 77.6 Å². The molecule has 0 aliphatic carbocycles. The van der Waals surface area contributed by atoms with Gasteiger partial charge in [-0.1, -0.05) is 13.8 Å². The zero-order valence-corrected chi connectivity index (χ0v) is 8.37. The third-order valence-corrected chi connectivity index (χ3v) is 1.64. The summed E-state index contributed by atoms with van der Waals surface area (Å²) in [5.41, 5.74) is 0. The number of carbonyl (C=O) groups excluding carboxylic acids is 1. The summed E-state index contributed by atoms with van der Waals surface area (Å²) in [4.78, 5) is 17.1. The largest absolute Gasteiger partial charge is 0.420 e. The van der Waals surface area contributed by atoms with Crippen molar-refractivity contribution in [3.63, 3.8) is 0 Å². The number of Topliss-reactive ketones (excluding diaryl/α,β-unsaturated/α-hetero) is 1. The summed E-state index contributed by atoms with van der Waals surface area (Å²) in [6.45, 7) is 3.67. The quantitative estimate of drug-likeness (QED) is 0.666. The number of oxazole rings is 1. The minimum absolute atomic E-state index is 0.0133. The fourth-order valence-corrected chi connectivity index (χ4v) is 0.870. The molecule has 1 heterocycles. The first-order valence-electron chi connectivity index (χ1n) is 4.19. The Hall–Kier alpha value is -1.32. The van der Waals surface area contributed by atoms with Crippen LogP contribution in [0, 0.1) is 5.92 Å². The van der Waals surface area contributed by atoms with Crippen LogP contribution in [0.25, 0.3) is 0 Å². The van der Waals surface area contributed by atoms with E-state index in [1.165, 1.54) is 6.20 Å². The number of ketones is 1. The molecule has 0 fully saturated rings. The molecule has 0 aliphatic rings. The van der Waals surface area contributed by atoms with Gasteiger partial charge in [0.05, 0.1) is 6.20 Å². The van der Waals surface area contributed by atoms with Gasteiger partial charge in [-0.25, -0.2) is 4.98 Å². The predicted octanol–water partition coefficient (Wildman–Crippen LogP) is 1.58. The summed E-state index contributed by atoms with van der Waals surface area (Å²) in [6, 6.07) is 0.462. The molecule has 0 bridgehead atoms. The Morgan fingerprint density at radius 3 is 2.54 bits per heavy atom. The molecule has 0 saturated carbocycles. The van der Waals surface area contributed by atoms with Crippen molar-refractivity contribution in [3.05, 3.63) is 12.0 Å². The highest BCUT2D eigenvalue weighted by atomic mass is 16.4. The van der Waals surface area contributed by atoms with Crippen LogP contribution in [0.1, 0.15) is 24.4 Å². The molecule has 13 heavy (non-hydrogen) atoms. The molecule has 4 nitrogen and oxygen atoms in total. The van der Waals surface area contributed by atoms with E-state index >= 15 is 0 Å². The van der Waals surface area contributed by atoms with Crippen LogP contribution in [0.3, 0.4) is 0 Å². The molecule has 0 unspecified atom stereocenters. The van der Waals surface area contributed by atoms with Crippen molar-refractivity contribution in [2.75, 3.05) is 19.0 Å². The lowest BCUT2D eigenvalue weighted by Crippen LogP contribution is -2.09. The van der Waals surface area contributed by atoms with Crippen LogP contribution < -0.4 is 4.90 Å². The van der Waals surface area contributed by atoms with Gasteiger partial charge in [-0.05, 0) is 0 Å². The molecule has 1 rings (SSSR count). The predicted molar refractivity (Wildman–Crippen MR) is 50.0 cm³/mol. The standard InChI is InChI=1S/C9H14N2O2/c1-6(2)8(12)7-5-10-9(13-7)11(3)4/h5-6H,1-4H3. The Balaban J connectivity index is 2.86. The zero-order valence-electron chi connectivity index (χ0n) is 8.37. The molecular formula is C9H14N2O2. The molecule has 0 aromatic carbocycles. The number of hydrogen-bond acceptors (Lipinski definition) is 4. The second-order valence-electron chi connectivity index (χ2n) is 3.42. The van der Waals surface area contributed by atoms with Crippen molar-refractivity contribution in [2.45, 2.75) is 13.8 Å². The number of nitrogens with zero attached hydrogens (tertiary/aromatic N) is 2. The minimum atomic E-state index is -0.0528. The molecule has 0 spiro atoms. The maximum atomic E-state index is 11.4. The normalized spacial score (nSPS) is 10.5. The molecule has 72 valence electrons. The molecule has 0 aliphatic heterocycles. The van der Waals surface area contributed by atoms with E-state index in [1.54, 1.807) is 4.90 Å². The second kappa shape index (κ2) is 3.60. The van der Waals surface area contributed by atoms with Crippen molar-refractivity contribution in [1.82, 2.24) is 4.98 Å². The van der Waals surface area contributed by atoms with E-state index in [0.717, 1.165) is 0 Å². The van der Waals surface area contributed by atoms with E-state index < -0.39 is 0 Å². The first-order valence-corrected chi connectivity index (χ1v) is 4.19. The van der Waals surface area contributed by atoms with Crippen molar-refractivity contribution >= 4 is 11.8 Å². The van der Waals surface area contributed by atoms with Gasteiger partial charge in [-0.3, -0.25) is 4.79 Å². The fraction of sp³-hybridized carbons (Fsp3) is 0.556. The molecule has 0 radical (unpaired) electrons. The van der Waals surface area contributed by atoms with E-state index in [1.807, 2.05) is 27.9 Å². The van der Waals surface area contributed by atoms with Gasteiger partial charge in [0.25, 0.3) is 6.01 Å². The van der Waals surface area contributed by atoms with Gasteiger partial charge in [0, 0.05) is 20.0 Å². The van der Waals surface area contributed by atoms with Gasteiger partial charge in [0.15, 0.2) is 5.76 Å². The molecule has 0 amide bonds. The van der Waals surface area contributed by atoms with E-state index in [4.69, 9.17) is 4.42 Å². The number of aromatic nitrogens is 1. The van der Waals surface area contributed by atoms with Crippen molar-refractivity contribution < 1.29 is 9.21 Å². The van der Waals surface area contributed by atoms with Crippen LogP contribution in [0.2, 0.25) is 0 Å². The summed E-state index contributed by atoms with van der Waals surface area (Å²) in [7, 11) is 3.63. The monoisotopic (exact) mass is 182 g/mol. The van der Waals surface area contributed by atoms with Gasteiger partial charge in [0.2, 0.25) is 5.78 Å². The SMILES string of the molecule is CC(C)C(=O)c1cnc(N(C)C)o1. The molecular weight excluding hydrogens is 168 g/mol. The van der Waals surface area contributed by atoms with E-state index in [2.05, 4.69) is 4.98 Å². The van der Waals surface area contributed by atoms with Gasteiger partial charge in [-0.2, -0.15) is 0 Å². The summed E-state index contributed by atoms with van der Waals surface area (Å²) in [6.07, 6.45) is 1.47. The third-order valence-electron chi connectivity index (χ3n) is 1.64. The lowest BCUT2D eigenvalue weighted by molar-refractivity contribution is 0.0912. The average Bonchev–Trinajstić information content (AvgIpc) is 2.50. The van der Waals surface area contributed by atoms with E-state index in [-0.39, 0.29) is 11.7 Å². The molecule has 0 N–H and O–H groups in total. The zero-order chi connectivity index (χ0) is 10.0. The van der Waals surface area contributed by atoms with Crippen LogP contribution in [-0.2, 0) is 0 Å². The number of rotatable bonds is 3. The average molecular weight is 182 g/mol. The molecule has 4 heteroatoms. The number of anilines is 1. The van der Waals surface area contributed by atoms with Crippen molar-refractivity contribution in [3.8, 4) is 0 Å². The summed E-state index contributed by atoms with van der Waals surface area (Å²) < 4.78 is 5.23. The second-order valence-corrected chi connectivity index (χ2v) is 3.42. The van der Waals surface area contributed by atoms with Crippen LogP contribution in [0.5, 0.6) is 0 Å². The van der Waals surface area contributed by atoms with Crippen LogP contribution >= 0.6 is 0 Å². The van der Waals surface area contributed by atoms with Gasteiger partial charge in [0.1, 0.15) is 0 Å². The van der Waals surface area contributed by atoms with Gasteiger partial charge < -0.3 is 9.32 Å². The molecule has 0 atom stereocenters. The smallest absolute Gasteiger partial charge is 0.297 e. The Bertz CT molecular complexity index is 302. The van der Waals surface area contributed by atoms with E-state index in [0.29, 0.717) is 11.8 Å². The molecule has 1 aromatic rings. The Morgan fingerprint density at radius 1 is 1.54 bits per heavy atom. The number of carbonyl (C=O) groups is 1. The summed E-state index contributed by atoms with van der Waals surface area (Å²) in [5.74, 6) is 0.266. The number of hydrogen-bond donors (Lipinski definition) is 0. The first kappa shape index (κ1) is 9.77. The highest BCUT2D eigenvalue weighted by molar-refractivity contribution is 5.94. The van der Waals surface area contributed by atoms with Gasteiger partial charge in [-0.15, -0.1) is 0 Å². The van der Waals surface area contributed by atoms with Crippen LogP contribution in [-0.4, -0.2) is 24.9 Å². The maximum Gasteiger partial charge on any atom is 0.297 e. The first-order chi connectivity index (χ1) is 6.02. The lowest BCUT2D eigenvalue weighted by Gasteiger charge is -2.04. The molecule has 1 aromatic heterocycles. The lowest BCUT2D eigenvalue weighted by atomic mass is 10.1. The Morgan fingerprint density at radius 2 is 2.15 bits per heavy atom. The molecule has 0 saturated heterocycles. The van der Waals surface area contributed by atoms with E-state index in [9.17, 15) is 4.79 Å². The minimum Gasteiger partial charge on any atom is -0.420 e. The van der Waals surface area contributed by atoms with Crippen LogP contribution in [0.15, 0.2) is 10.6 Å². The summed E-state index contributed by atoms with van der Waals surface area (Å²) >= 11 is 0. The Kier molecular flexibility index (Phi) is 2.70. The van der Waals surface area contributed by atoms with Gasteiger partial charge >= 0.3 is 0 Å².